The number of hydrogen-bond acceptors (Lipinski definition) is 2. The lowest BCUT2D eigenvalue weighted by atomic mass is 10.1. The molecule has 1 aliphatic rings. The Morgan fingerprint density at radius 3 is 2.78 bits per heavy atom. The van der Waals surface area contributed by atoms with E-state index in [4.69, 9.17) is 4.74 Å². The van der Waals surface area contributed by atoms with Crippen molar-refractivity contribution in [3.8, 4) is 5.75 Å². The van der Waals surface area contributed by atoms with E-state index in [-0.39, 0.29) is 5.91 Å². The maximum atomic E-state index is 11.9. The Kier molecular flexibility index (Phi) is 4.40. The number of benzene rings is 1. The van der Waals surface area contributed by atoms with Gasteiger partial charge in [0.1, 0.15) is 5.75 Å². The Hall–Kier alpha value is -1.77. The molecule has 0 aromatic heterocycles. The summed E-state index contributed by atoms with van der Waals surface area (Å²) in [7, 11) is 1.64. The maximum absolute atomic E-state index is 11.9. The molecule has 3 nitrogen and oxygen atoms in total. The molecule has 96 valence electrons. The molecular weight excluding hydrogens is 226 g/mol. The fraction of sp³-hybridized carbons (Fsp3) is 0.400. The number of ether oxygens (including phenoxy) is 1. The van der Waals surface area contributed by atoms with Crippen molar-refractivity contribution >= 4 is 12.0 Å². The highest BCUT2D eigenvalue weighted by Crippen LogP contribution is 2.14. The van der Waals surface area contributed by atoms with Crippen molar-refractivity contribution < 1.29 is 9.53 Å². The number of methoxy groups -OCH3 is 1. The van der Waals surface area contributed by atoms with Gasteiger partial charge < -0.3 is 9.64 Å². The lowest BCUT2D eigenvalue weighted by Crippen LogP contribution is -2.34. The van der Waals surface area contributed by atoms with Gasteiger partial charge >= 0.3 is 0 Å². The van der Waals surface area contributed by atoms with Gasteiger partial charge in [-0.15, -0.1) is 0 Å². The van der Waals surface area contributed by atoms with Gasteiger partial charge in [-0.05, 0) is 43.0 Å². The number of hydrogen-bond donors (Lipinski definition) is 0. The lowest BCUT2D eigenvalue weighted by Gasteiger charge is -2.25. The van der Waals surface area contributed by atoms with Gasteiger partial charge in [-0.25, -0.2) is 0 Å². The van der Waals surface area contributed by atoms with Crippen LogP contribution in [0.1, 0.15) is 24.8 Å². The lowest BCUT2D eigenvalue weighted by molar-refractivity contribution is -0.126. The highest BCUT2D eigenvalue weighted by atomic mass is 16.5. The molecule has 1 aliphatic heterocycles. The second-order valence-corrected chi connectivity index (χ2v) is 4.50. The van der Waals surface area contributed by atoms with Gasteiger partial charge in [0.2, 0.25) is 5.91 Å². The third-order valence-corrected chi connectivity index (χ3v) is 3.18. The Balaban J connectivity index is 1.98. The predicted octanol–water partition coefficient (Wildman–Crippen LogP) is 2.72. The van der Waals surface area contributed by atoms with E-state index in [0.717, 1.165) is 37.2 Å². The van der Waals surface area contributed by atoms with Gasteiger partial charge in [0.05, 0.1) is 7.11 Å². The third kappa shape index (κ3) is 3.36. The average Bonchev–Trinajstić information content (AvgIpc) is 2.46. The first-order valence-electron chi connectivity index (χ1n) is 6.40. The predicted molar refractivity (Wildman–Crippen MR) is 72.5 cm³/mol. The van der Waals surface area contributed by atoms with Gasteiger partial charge in [0.15, 0.2) is 0 Å². The summed E-state index contributed by atoms with van der Waals surface area (Å²) in [6.45, 7) is 1.78. The van der Waals surface area contributed by atoms with Crippen LogP contribution in [0.15, 0.2) is 30.3 Å². The monoisotopic (exact) mass is 245 g/mol. The van der Waals surface area contributed by atoms with Crippen LogP contribution in [0.3, 0.4) is 0 Å². The number of nitrogens with zero attached hydrogens (tertiary/aromatic N) is 1. The molecule has 3 heteroatoms. The van der Waals surface area contributed by atoms with Gasteiger partial charge in [-0.2, -0.15) is 0 Å². The van der Waals surface area contributed by atoms with Crippen molar-refractivity contribution in [1.82, 2.24) is 4.90 Å². The van der Waals surface area contributed by atoms with Crippen molar-refractivity contribution in [3.63, 3.8) is 0 Å². The van der Waals surface area contributed by atoms with Crippen LogP contribution in [-0.2, 0) is 4.79 Å². The first-order valence-corrected chi connectivity index (χ1v) is 6.40. The van der Waals surface area contributed by atoms with E-state index in [9.17, 15) is 4.79 Å². The van der Waals surface area contributed by atoms with E-state index in [1.165, 1.54) is 6.42 Å². The zero-order valence-electron chi connectivity index (χ0n) is 10.8. The molecule has 1 aromatic carbocycles. The minimum atomic E-state index is 0.109. The van der Waals surface area contributed by atoms with Crippen LogP contribution in [-0.4, -0.2) is 31.0 Å². The van der Waals surface area contributed by atoms with Gasteiger partial charge in [0.25, 0.3) is 0 Å². The standard InChI is InChI=1S/C15H19NO2/c1-18-14-7-5-6-13(12-14)8-9-15(17)16-10-3-2-4-11-16/h5-9,12H,2-4,10-11H2,1H3. The normalized spacial score (nSPS) is 15.9. The van der Waals surface area contributed by atoms with Crippen molar-refractivity contribution in [2.75, 3.05) is 20.2 Å². The van der Waals surface area contributed by atoms with Crippen LogP contribution >= 0.6 is 0 Å². The van der Waals surface area contributed by atoms with E-state index in [1.807, 2.05) is 35.2 Å². The van der Waals surface area contributed by atoms with Crippen LogP contribution < -0.4 is 4.74 Å². The van der Waals surface area contributed by atoms with Crippen molar-refractivity contribution in [2.45, 2.75) is 19.3 Å². The second-order valence-electron chi connectivity index (χ2n) is 4.50. The first-order chi connectivity index (χ1) is 8.79. The molecule has 0 atom stereocenters. The highest BCUT2D eigenvalue weighted by molar-refractivity contribution is 5.91. The molecule has 0 unspecified atom stereocenters. The van der Waals surface area contributed by atoms with Crippen molar-refractivity contribution in [2.24, 2.45) is 0 Å². The summed E-state index contributed by atoms with van der Waals surface area (Å²) in [5.74, 6) is 0.917. The number of carbonyl (C=O) groups excluding carboxylic acids is 1. The fourth-order valence-corrected chi connectivity index (χ4v) is 2.13. The van der Waals surface area contributed by atoms with Crippen molar-refractivity contribution in [3.05, 3.63) is 35.9 Å². The first kappa shape index (κ1) is 12.7. The Labute approximate surface area is 108 Å². The summed E-state index contributed by atoms with van der Waals surface area (Å²) < 4.78 is 5.15. The van der Waals surface area contributed by atoms with Crippen LogP contribution in [0, 0.1) is 0 Å². The summed E-state index contributed by atoms with van der Waals surface area (Å²) in [5.41, 5.74) is 0.986. The Morgan fingerprint density at radius 1 is 1.28 bits per heavy atom. The molecule has 0 spiro atoms. The highest BCUT2D eigenvalue weighted by Gasteiger charge is 2.13. The molecule has 0 aliphatic carbocycles. The van der Waals surface area contributed by atoms with Gasteiger partial charge in [-0.1, -0.05) is 12.1 Å². The zero-order chi connectivity index (χ0) is 12.8. The van der Waals surface area contributed by atoms with Crippen LogP contribution in [0.5, 0.6) is 5.75 Å². The molecule has 1 saturated heterocycles. The molecular formula is C15H19NO2. The quantitative estimate of drug-likeness (QED) is 0.766. The Bertz CT molecular complexity index is 434. The summed E-state index contributed by atoms with van der Waals surface area (Å²) in [6, 6.07) is 7.69. The number of likely N-dealkylation sites (tertiary alicyclic amines) is 1. The smallest absolute Gasteiger partial charge is 0.246 e. The van der Waals surface area contributed by atoms with E-state index < -0.39 is 0 Å². The van der Waals surface area contributed by atoms with Gasteiger partial charge in [0, 0.05) is 19.2 Å². The molecule has 0 saturated carbocycles. The molecule has 0 bridgehead atoms. The van der Waals surface area contributed by atoms with Crippen LogP contribution in [0.4, 0.5) is 0 Å². The summed E-state index contributed by atoms with van der Waals surface area (Å²) in [6.07, 6.45) is 6.99. The number of amides is 1. The fourth-order valence-electron chi connectivity index (χ4n) is 2.13. The molecule has 1 fully saturated rings. The molecule has 1 amide bonds. The minimum absolute atomic E-state index is 0.109. The number of rotatable bonds is 3. The molecule has 0 radical (unpaired) electrons. The number of piperidine rings is 1. The average molecular weight is 245 g/mol. The molecule has 18 heavy (non-hydrogen) atoms. The largest absolute Gasteiger partial charge is 0.497 e. The molecule has 1 aromatic rings. The van der Waals surface area contributed by atoms with Gasteiger partial charge in [-0.3, -0.25) is 4.79 Å². The van der Waals surface area contributed by atoms with E-state index in [0.29, 0.717) is 0 Å². The molecule has 0 N–H and O–H groups in total. The summed E-state index contributed by atoms with van der Waals surface area (Å²) in [5, 5.41) is 0. The molecule has 1 heterocycles. The topological polar surface area (TPSA) is 29.5 Å². The zero-order valence-corrected chi connectivity index (χ0v) is 10.8. The third-order valence-electron chi connectivity index (χ3n) is 3.18. The van der Waals surface area contributed by atoms with E-state index in [2.05, 4.69) is 0 Å². The summed E-state index contributed by atoms with van der Waals surface area (Å²) in [4.78, 5) is 13.9. The maximum Gasteiger partial charge on any atom is 0.246 e. The van der Waals surface area contributed by atoms with E-state index in [1.54, 1.807) is 13.2 Å². The SMILES string of the molecule is COc1cccc(C=CC(=O)N2CCCCC2)c1. The van der Waals surface area contributed by atoms with Crippen LogP contribution in [0.25, 0.3) is 6.08 Å². The Morgan fingerprint density at radius 2 is 2.06 bits per heavy atom. The summed E-state index contributed by atoms with van der Waals surface area (Å²) >= 11 is 0. The number of carbonyl (C=O) groups is 1. The minimum Gasteiger partial charge on any atom is -0.497 e. The second kappa shape index (κ2) is 6.24. The van der Waals surface area contributed by atoms with Crippen LogP contribution in [0.2, 0.25) is 0 Å². The molecule has 2 rings (SSSR count). The van der Waals surface area contributed by atoms with Crippen molar-refractivity contribution in [1.29, 1.82) is 0 Å². The van der Waals surface area contributed by atoms with E-state index >= 15 is 0 Å².